The fourth-order valence-corrected chi connectivity index (χ4v) is 2.57. The van der Waals surface area contributed by atoms with E-state index >= 15 is 0 Å². The molecule has 2 aliphatic heterocycles. The lowest BCUT2D eigenvalue weighted by Crippen LogP contribution is -2.43. The number of amides is 1. The van der Waals surface area contributed by atoms with Crippen molar-refractivity contribution < 1.29 is 14.3 Å². The van der Waals surface area contributed by atoms with Gasteiger partial charge in [-0.2, -0.15) is 0 Å². The number of piperidine rings is 1. The number of hydrogen-bond donors (Lipinski definition) is 2. The highest BCUT2D eigenvalue weighted by Gasteiger charge is 2.13. The molecule has 0 radical (unpaired) electrons. The van der Waals surface area contributed by atoms with Gasteiger partial charge in [0, 0.05) is 18.7 Å². The molecule has 2 aliphatic rings. The maximum absolute atomic E-state index is 11.8. The molecule has 2 heterocycles. The summed E-state index contributed by atoms with van der Waals surface area (Å²) in [6.45, 7) is 2.00. The van der Waals surface area contributed by atoms with Crippen LogP contribution in [0.2, 0.25) is 0 Å². The molecule has 112 valence electrons. The molecule has 1 fully saturated rings. The summed E-state index contributed by atoms with van der Waals surface area (Å²) >= 11 is 0. The van der Waals surface area contributed by atoms with Crippen LogP contribution in [0.4, 0.5) is 0 Å². The molecule has 0 aromatic heterocycles. The predicted octanol–water partition coefficient (Wildman–Crippen LogP) is 1.69. The lowest BCUT2D eigenvalue weighted by atomic mass is 10.1. The van der Waals surface area contributed by atoms with Gasteiger partial charge in [0.15, 0.2) is 11.5 Å². The first kappa shape index (κ1) is 13.9. The van der Waals surface area contributed by atoms with Gasteiger partial charge < -0.3 is 20.1 Å². The molecule has 1 unspecified atom stereocenters. The Balaban J connectivity index is 1.49. The number of nitrogens with one attached hydrogen (secondary N) is 2. The van der Waals surface area contributed by atoms with E-state index in [2.05, 4.69) is 10.6 Å². The van der Waals surface area contributed by atoms with E-state index in [1.165, 1.54) is 12.8 Å². The van der Waals surface area contributed by atoms with Gasteiger partial charge in [0.1, 0.15) is 0 Å². The smallest absolute Gasteiger partial charge is 0.244 e. The lowest BCUT2D eigenvalue weighted by Gasteiger charge is -2.23. The maximum Gasteiger partial charge on any atom is 0.244 e. The molecule has 1 saturated heterocycles. The molecule has 1 aromatic rings. The molecular formula is C16H20N2O3. The second-order valence-electron chi connectivity index (χ2n) is 5.34. The largest absolute Gasteiger partial charge is 0.454 e. The van der Waals surface area contributed by atoms with Gasteiger partial charge in [0.25, 0.3) is 0 Å². The Hall–Kier alpha value is -2.01. The molecule has 0 aliphatic carbocycles. The van der Waals surface area contributed by atoms with Gasteiger partial charge >= 0.3 is 0 Å². The standard InChI is InChI=1S/C16H20N2O3/c19-16(18-10-13-3-1-2-8-17-13)7-5-12-4-6-14-15(9-12)21-11-20-14/h4-7,9,13,17H,1-3,8,10-11H2,(H,18,19). The van der Waals surface area contributed by atoms with Crippen LogP contribution in [0.5, 0.6) is 11.5 Å². The number of fused-ring (bicyclic) bond motifs is 1. The average Bonchev–Trinajstić information content (AvgIpc) is 2.99. The molecular weight excluding hydrogens is 268 g/mol. The van der Waals surface area contributed by atoms with Crippen LogP contribution < -0.4 is 20.1 Å². The van der Waals surface area contributed by atoms with E-state index in [1.807, 2.05) is 18.2 Å². The minimum Gasteiger partial charge on any atom is -0.454 e. The van der Waals surface area contributed by atoms with Gasteiger partial charge in [-0.05, 0) is 43.2 Å². The Morgan fingerprint density at radius 2 is 2.24 bits per heavy atom. The van der Waals surface area contributed by atoms with Gasteiger partial charge in [-0.1, -0.05) is 12.5 Å². The normalized spacial score (nSPS) is 20.7. The fraction of sp³-hybridized carbons (Fsp3) is 0.438. The van der Waals surface area contributed by atoms with Crippen LogP contribution in [0.1, 0.15) is 24.8 Å². The second-order valence-corrected chi connectivity index (χ2v) is 5.34. The number of rotatable bonds is 4. The van der Waals surface area contributed by atoms with Gasteiger partial charge in [0.05, 0.1) is 0 Å². The zero-order chi connectivity index (χ0) is 14.5. The van der Waals surface area contributed by atoms with Crippen LogP contribution in [0, 0.1) is 0 Å². The minimum absolute atomic E-state index is 0.0694. The zero-order valence-electron chi connectivity index (χ0n) is 11.9. The van der Waals surface area contributed by atoms with E-state index in [-0.39, 0.29) is 12.7 Å². The molecule has 1 aromatic carbocycles. The highest BCUT2D eigenvalue weighted by Crippen LogP contribution is 2.32. The van der Waals surface area contributed by atoms with Crippen molar-refractivity contribution in [3.05, 3.63) is 29.8 Å². The van der Waals surface area contributed by atoms with E-state index in [9.17, 15) is 4.79 Å². The fourth-order valence-electron chi connectivity index (χ4n) is 2.57. The van der Waals surface area contributed by atoms with E-state index in [0.717, 1.165) is 30.0 Å². The summed E-state index contributed by atoms with van der Waals surface area (Å²) in [5.74, 6) is 1.41. The van der Waals surface area contributed by atoms with Gasteiger partial charge in [0.2, 0.25) is 12.7 Å². The van der Waals surface area contributed by atoms with Crippen molar-refractivity contribution in [1.82, 2.24) is 10.6 Å². The maximum atomic E-state index is 11.8. The van der Waals surface area contributed by atoms with Crippen molar-refractivity contribution in [2.75, 3.05) is 19.9 Å². The Morgan fingerprint density at radius 1 is 1.33 bits per heavy atom. The van der Waals surface area contributed by atoms with Crippen LogP contribution in [-0.2, 0) is 4.79 Å². The Morgan fingerprint density at radius 3 is 3.10 bits per heavy atom. The number of benzene rings is 1. The van der Waals surface area contributed by atoms with E-state index in [1.54, 1.807) is 12.2 Å². The molecule has 3 rings (SSSR count). The Labute approximate surface area is 124 Å². The molecule has 5 nitrogen and oxygen atoms in total. The first-order chi connectivity index (χ1) is 10.3. The average molecular weight is 288 g/mol. The van der Waals surface area contributed by atoms with Gasteiger partial charge in [-0.15, -0.1) is 0 Å². The summed E-state index contributed by atoms with van der Waals surface area (Å²) in [6.07, 6.45) is 6.94. The van der Waals surface area contributed by atoms with Crippen molar-refractivity contribution in [3.63, 3.8) is 0 Å². The molecule has 5 heteroatoms. The number of ether oxygens (including phenoxy) is 2. The van der Waals surface area contributed by atoms with Crippen molar-refractivity contribution in [1.29, 1.82) is 0 Å². The van der Waals surface area contributed by atoms with Crippen LogP contribution in [0.3, 0.4) is 0 Å². The summed E-state index contributed by atoms with van der Waals surface area (Å²) in [7, 11) is 0. The third-order valence-electron chi connectivity index (χ3n) is 3.76. The van der Waals surface area contributed by atoms with Crippen molar-refractivity contribution in [2.24, 2.45) is 0 Å². The molecule has 2 N–H and O–H groups in total. The number of hydrogen-bond acceptors (Lipinski definition) is 4. The topological polar surface area (TPSA) is 59.6 Å². The third-order valence-corrected chi connectivity index (χ3v) is 3.76. The molecule has 0 saturated carbocycles. The highest BCUT2D eigenvalue weighted by molar-refractivity contribution is 5.91. The molecule has 1 amide bonds. The van der Waals surface area contributed by atoms with Crippen LogP contribution >= 0.6 is 0 Å². The molecule has 0 spiro atoms. The Bertz CT molecular complexity index is 536. The lowest BCUT2D eigenvalue weighted by molar-refractivity contribution is -0.116. The summed E-state index contributed by atoms with van der Waals surface area (Å²) in [6, 6.07) is 6.03. The second kappa shape index (κ2) is 6.63. The SMILES string of the molecule is O=C(C=Cc1ccc2c(c1)OCO2)NCC1CCCCN1. The quantitative estimate of drug-likeness (QED) is 0.828. The summed E-state index contributed by atoms with van der Waals surface area (Å²) in [5.41, 5.74) is 0.921. The monoisotopic (exact) mass is 288 g/mol. The highest BCUT2D eigenvalue weighted by atomic mass is 16.7. The van der Waals surface area contributed by atoms with Gasteiger partial charge in [-0.3, -0.25) is 4.79 Å². The molecule has 0 bridgehead atoms. The van der Waals surface area contributed by atoms with Crippen LogP contribution in [-0.4, -0.2) is 31.8 Å². The first-order valence-electron chi connectivity index (χ1n) is 7.40. The van der Waals surface area contributed by atoms with Crippen molar-refractivity contribution in [3.8, 4) is 11.5 Å². The summed E-state index contributed by atoms with van der Waals surface area (Å²) in [4.78, 5) is 11.8. The first-order valence-corrected chi connectivity index (χ1v) is 7.40. The predicted molar refractivity (Wildman–Crippen MR) is 80.3 cm³/mol. The van der Waals surface area contributed by atoms with Crippen molar-refractivity contribution >= 4 is 12.0 Å². The third kappa shape index (κ3) is 3.76. The number of carbonyl (C=O) groups excluding carboxylic acids is 1. The Kier molecular flexibility index (Phi) is 4.40. The van der Waals surface area contributed by atoms with Gasteiger partial charge in [-0.25, -0.2) is 0 Å². The number of carbonyl (C=O) groups is 1. The summed E-state index contributed by atoms with van der Waals surface area (Å²) in [5, 5.41) is 6.34. The van der Waals surface area contributed by atoms with Crippen LogP contribution in [0.15, 0.2) is 24.3 Å². The van der Waals surface area contributed by atoms with Crippen molar-refractivity contribution in [2.45, 2.75) is 25.3 Å². The van der Waals surface area contributed by atoms with E-state index < -0.39 is 0 Å². The minimum atomic E-state index is -0.0694. The molecule has 1 atom stereocenters. The van der Waals surface area contributed by atoms with Crippen LogP contribution in [0.25, 0.3) is 6.08 Å². The molecule has 21 heavy (non-hydrogen) atoms. The van der Waals surface area contributed by atoms with E-state index in [4.69, 9.17) is 9.47 Å². The zero-order valence-corrected chi connectivity index (χ0v) is 11.9. The van der Waals surface area contributed by atoms with E-state index in [0.29, 0.717) is 12.6 Å². The summed E-state index contributed by atoms with van der Waals surface area (Å²) < 4.78 is 10.6.